The Morgan fingerprint density at radius 3 is 1.90 bits per heavy atom. The fourth-order valence-corrected chi connectivity index (χ4v) is 5.93. The van der Waals surface area contributed by atoms with Crippen molar-refractivity contribution in [3.05, 3.63) is 0 Å². The van der Waals surface area contributed by atoms with E-state index in [1.165, 1.54) is 7.11 Å². The van der Waals surface area contributed by atoms with Crippen LogP contribution in [0, 0.1) is 11.3 Å². The van der Waals surface area contributed by atoms with Gasteiger partial charge in [0.05, 0.1) is 42.4 Å². The number of thioether (sulfide) groups is 1. The lowest BCUT2D eigenvalue weighted by Crippen LogP contribution is -2.55. The molecule has 0 spiro atoms. The number of ether oxygens (including phenoxy) is 5. The van der Waals surface area contributed by atoms with E-state index in [0.29, 0.717) is 26.4 Å². The zero-order valence-electron chi connectivity index (χ0n) is 25.9. The fourth-order valence-electron chi connectivity index (χ4n) is 4.64. The molecule has 0 amide bonds. The van der Waals surface area contributed by atoms with Crippen LogP contribution in [0.25, 0.3) is 0 Å². The molecule has 5 atom stereocenters. The minimum atomic E-state index is -1.02. The Bertz CT molecular complexity index is 600. The van der Waals surface area contributed by atoms with Gasteiger partial charge in [-0.15, -0.1) is 0 Å². The molecular formula is C30H59NO7S2. The molecule has 0 aliphatic carbocycles. The summed E-state index contributed by atoms with van der Waals surface area (Å²) in [6.07, 6.45) is 6.14. The zero-order valence-corrected chi connectivity index (χ0v) is 27.5. The molecule has 0 bridgehead atoms. The van der Waals surface area contributed by atoms with Gasteiger partial charge in [0, 0.05) is 45.1 Å². The third-order valence-corrected chi connectivity index (χ3v) is 8.83. The van der Waals surface area contributed by atoms with Gasteiger partial charge in [0.25, 0.3) is 0 Å². The summed E-state index contributed by atoms with van der Waals surface area (Å²) in [4.78, 5) is 0.846. The van der Waals surface area contributed by atoms with Crippen molar-refractivity contribution in [2.45, 2.75) is 110 Å². The summed E-state index contributed by atoms with van der Waals surface area (Å²) in [6, 6.07) is 0. The quantitative estimate of drug-likeness (QED) is 0.0972. The van der Waals surface area contributed by atoms with E-state index in [9.17, 15) is 10.2 Å². The van der Waals surface area contributed by atoms with Gasteiger partial charge in [-0.05, 0) is 44.3 Å². The number of hydrogen-bond donors (Lipinski definition) is 3. The molecule has 1 fully saturated rings. The summed E-state index contributed by atoms with van der Waals surface area (Å²) in [5.74, 6) is 1.56. The molecule has 0 saturated carbocycles. The van der Waals surface area contributed by atoms with Crippen LogP contribution in [0.2, 0.25) is 0 Å². The van der Waals surface area contributed by atoms with Crippen molar-refractivity contribution < 1.29 is 33.9 Å². The Labute approximate surface area is 254 Å². The normalized spacial score (nSPS) is 23.4. The van der Waals surface area contributed by atoms with Crippen molar-refractivity contribution in [2.24, 2.45) is 11.3 Å². The second-order valence-electron chi connectivity index (χ2n) is 11.0. The largest absolute Gasteiger partial charge is 0.390 e. The first-order valence-corrected chi connectivity index (χ1v) is 17.1. The Morgan fingerprint density at radius 1 is 0.875 bits per heavy atom. The number of nitrogens with one attached hydrogen (secondary N) is 1. The minimum absolute atomic E-state index is 0.108. The predicted octanol–water partition coefficient (Wildman–Crippen LogP) is 4.97. The van der Waals surface area contributed by atoms with E-state index in [1.807, 2.05) is 6.92 Å². The van der Waals surface area contributed by atoms with E-state index in [4.69, 9.17) is 35.9 Å². The van der Waals surface area contributed by atoms with Crippen LogP contribution in [0.4, 0.5) is 0 Å². The highest BCUT2D eigenvalue weighted by Crippen LogP contribution is 2.31. The molecule has 0 radical (unpaired) electrons. The number of aliphatic hydroxyl groups is 2. The third kappa shape index (κ3) is 14.9. The first-order chi connectivity index (χ1) is 19.4. The Morgan fingerprint density at radius 2 is 1.43 bits per heavy atom. The highest BCUT2D eigenvalue weighted by molar-refractivity contribution is 7.99. The second kappa shape index (κ2) is 23.4. The minimum Gasteiger partial charge on any atom is -0.390 e. The van der Waals surface area contributed by atoms with E-state index < -0.39 is 18.5 Å². The first-order valence-electron chi connectivity index (χ1n) is 15.5. The molecule has 10 heteroatoms. The molecule has 40 heavy (non-hydrogen) atoms. The summed E-state index contributed by atoms with van der Waals surface area (Å²) in [5.41, 5.74) is -0.287. The maximum absolute atomic E-state index is 10.5. The molecule has 0 aromatic carbocycles. The first kappa shape index (κ1) is 38.0. The molecule has 0 aromatic heterocycles. The van der Waals surface area contributed by atoms with Crippen LogP contribution in [-0.2, 0) is 23.7 Å². The summed E-state index contributed by atoms with van der Waals surface area (Å²) in [6.45, 7) is 13.2. The maximum atomic E-state index is 10.5. The van der Waals surface area contributed by atoms with Gasteiger partial charge in [-0.1, -0.05) is 59.2 Å². The van der Waals surface area contributed by atoms with Gasteiger partial charge in [-0.25, -0.2) is 0 Å². The van der Waals surface area contributed by atoms with Crippen molar-refractivity contribution in [1.29, 1.82) is 0 Å². The topological polar surface area (TPSA) is 98.6 Å². The van der Waals surface area contributed by atoms with E-state index in [1.54, 1.807) is 11.8 Å². The van der Waals surface area contributed by atoms with Crippen LogP contribution < -0.4 is 5.32 Å². The molecule has 1 rings (SSSR count). The van der Waals surface area contributed by atoms with E-state index in [2.05, 4.69) is 26.1 Å². The highest BCUT2D eigenvalue weighted by Gasteiger charge is 2.43. The number of thiocarbonyl (C=S) groups is 1. The molecule has 3 N–H and O–H groups in total. The Hall–Kier alpha value is -0.0400. The molecule has 0 aromatic rings. The van der Waals surface area contributed by atoms with Crippen molar-refractivity contribution >= 4 is 29.0 Å². The number of methoxy groups -OCH3 is 1. The number of aliphatic hydroxyl groups excluding tert-OH is 2. The van der Waals surface area contributed by atoms with Crippen LogP contribution in [0.1, 0.15) is 85.5 Å². The predicted molar refractivity (Wildman–Crippen MR) is 168 cm³/mol. The van der Waals surface area contributed by atoms with Crippen LogP contribution >= 0.6 is 24.0 Å². The van der Waals surface area contributed by atoms with E-state index >= 15 is 0 Å². The maximum Gasteiger partial charge on any atom is 0.186 e. The van der Waals surface area contributed by atoms with Gasteiger partial charge in [-0.2, -0.15) is 11.8 Å². The zero-order chi connectivity index (χ0) is 29.6. The molecule has 1 heterocycles. The molecule has 238 valence electrons. The van der Waals surface area contributed by atoms with Gasteiger partial charge in [-0.3, -0.25) is 0 Å². The second-order valence-corrected chi connectivity index (χ2v) is 12.6. The van der Waals surface area contributed by atoms with Gasteiger partial charge in [0.2, 0.25) is 0 Å². The number of hydrogen-bond acceptors (Lipinski definition) is 9. The van der Waals surface area contributed by atoms with E-state index in [-0.39, 0.29) is 17.4 Å². The Kier molecular flexibility index (Phi) is 22.2. The highest BCUT2D eigenvalue weighted by atomic mass is 32.2. The van der Waals surface area contributed by atoms with Crippen molar-refractivity contribution in [1.82, 2.24) is 5.32 Å². The standard InChI is InChI=1S/C30H59NO7S2/c1-6-10-15-35-21-30(22-36-16-11-7-2,23-37-17-12-8-3)20-31-26(39)14-13-18-40-19-25-24(9-4)27(32)28(33)29(34-5)38-25/h24-25,27-29,32-33H,6-23H2,1-5H3,(H,31,39)/t24?,25?,27-,28?,29-/m0/s1. The van der Waals surface area contributed by atoms with Crippen molar-refractivity contribution in [3.8, 4) is 0 Å². The van der Waals surface area contributed by atoms with Crippen LogP contribution in [0.15, 0.2) is 0 Å². The van der Waals surface area contributed by atoms with Crippen molar-refractivity contribution in [3.63, 3.8) is 0 Å². The SMILES string of the molecule is CCCCOCC(CNC(=S)CCCSCC1O[C@H](OC)C(O)[C@@H](O)C1CC)(COCCCC)COCCCC. The molecule has 3 unspecified atom stereocenters. The van der Waals surface area contributed by atoms with Crippen LogP contribution in [0.5, 0.6) is 0 Å². The molecule has 1 aliphatic heterocycles. The average molecular weight is 610 g/mol. The lowest BCUT2D eigenvalue weighted by Gasteiger charge is -2.42. The molecule has 1 saturated heterocycles. The summed E-state index contributed by atoms with van der Waals surface area (Å²) < 4.78 is 29.5. The average Bonchev–Trinajstić information content (AvgIpc) is 2.96. The van der Waals surface area contributed by atoms with Gasteiger partial charge in [0.1, 0.15) is 6.10 Å². The molecular weight excluding hydrogens is 550 g/mol. The fraction of sp³-hybridized carbons (Fsp3) is 0.967. The summed E-state index contributed by atoms with van der Waals surface area (Å²) in [7, 11) is 1.49. The number of rotatable bonds is 25. The summed E-state index contributed by atoms with van der Waals surface area (Å²) >= 11 is 7.50. The number of unbranched alkanes of at least 4 members (excludes halogenated alkanes) is 3. The monoisotopic (exact) mass is 609 g/mol. The molecule has 8 nitrogen and oxygen atoms in total. The smallest absolute Gasteiger partial charge is 0.186 e. The van der Waals surface area contributed by atoms with Gasteiger partial charge in [0.15, 0.2) is 6.29 Å². The van der Waals surface area contributed by atoms with E-state index in [0.717, 1.165) is 94.1 Å². The summed E-state index contributed by atoms with van der Waals surface area (Å²) in [5, 5.41) is 24.2. The molecule has 1 aliphatic rings. The van der Waals surface area contributed by atoms with Crippen LogP contribution in [0.3, 0.4) is 0 Å². The van der Waals surface area contributed by atoms with Gasteiger partial charge >= 0.3 is 0 Å². The lowest BCUT2D eigenvalue weighted by molar-refractivity contribution is -0.273. The lowest BCUT2D eigenvalue weighted by atomic mass is 9.88. The van der Waals surface area contributed by atoms with Crippen molar-refractivity contribution in [2.75, 3.05) is 64.8 Å². The van der Waals surface area contributed by atoms with Crippen LogP contribution in [-0.4, -0.2) is 105 Å². The third-order valence-electron chi connectivity index (χ3n) is 7.34. The van der Waals surface area contributed by atoms with Gasteiger partial charge < -0.3 is 39.2 Å². The Balaban J connectivity index is 2.57.